The summed E-state index contributed by atoms with van der Waals surface area (Å²) in [5.41, 5.74) is -2.89. The maximum atomic E-state index is 14.3. The molecule has 0 spiro atoms. The van der Waals surface area contributed by atoms with Crippen molar-refractivity contribution in [1.29, 1.82) is 0 Å². The molecule has 3 saturated heterocycles. The molecule has 2 N–H and O–H groups in total. The number of hydrogen-bond donors (Lipinski definition) is 2. The fourth-order valence-electron chi connectivity index (χ4n) is 7.49. The number of carbonyl (C=O) groups excluding carboxylic acids is 1. The Morgan fingerprint density at radius 1 is 1.26 bits per heavy atom. The van der Waals surface area contributed by atoms with E-state index in [0.29, 0.717) is 58.4 Å². The number of halogens is 3. The van der Waals surface area contributed by atoms with Crippen molar-refractivity contribution in [2.45, 2.75) is 93.4 Å². The first-order valence-electron chi connectivity index (χ1n) is 14.3. The van der Waals surface area contributed by atoms with Gasteiger partial charge in [-0.15, -0.1) is 0 Å². The third-order valence-corrected chi connectivity index (χ3v) is 9.70. The summed E-state index contributed by atoms with van der Waals surface area (Å²) in [5, 5.41) is 15.3. The Kier molecular flexibility index (Phi) is 6.29. The van der Waals surface area contributed by atoms with Crippen LogP contribution < -0.4 is 10.2 Å². The lowest BCUT2D eigenvalue weighted by Gasteiger charge is -2.52. The van der Waals surface area contributed by atoms with Crippen molar-refractivity contribution in [1.82, 2.24) is 20.2 Å². The summed E-state index contributed by atoms with van der Waals surface area (Å²) in [6, 6.07) is 0.790. The highest BCUT2D eigenvalue weighted by atomic mass is 19.4. The van der Waals surface area contributed by atoms with Gasteiger partial charge < -0.3 is 29.7 Å². The van der Waals surface area contributed by atoms with Gasteiger partial charge in [0.15, 0.2) is 0 Å². The van der Waals surface area contributed by atoms with Gasteiger partial charge in [-0.3, -0.25) is 4.79 Å². The molecule has 2 aliphatic carbocycles. The van der Waals surface area contributed by atoms with E-state index in [-0.39, 0.29) is 49.1 Å². The quantitative estimate of drug-likeness (QED) is 0.566. The van der Waals surface area contributed by atoms with E-state index in [2.05, 4.69) is 15.3 Å². The van der Waals surface area contributed by atoms with Gasteiger partial charge in [0.2, 0.25) is 5.91 Å². The van der Waals surface area contributed by atoms with Gasteiger partial charge in [-0.25, -0.2) is 9.97 Å². The van der Waals surface area contributed by atoms with E-state index >= 15 is 0 Å². The van der Waals surface area contributed by atoms with Gasteiger partial charge in [0.05, 0.1) is 37.2 Å². The molecule has 12 heteroatoms. The Bertz CT molecular complexity index is 1080. The number of nitrogens with zero attached hydrogens (tertiary/aromatic N) is 4. The van der Waals surface area contributed by atoms with Gasteiger partial charge in [-0.1, -0.05) is 0 Å². The summed E-state index contributed by atoms with van der Waals surface area (Å²) in [6.07, 6.45) is 1.58. The van der Waals surface area contributed by atoms with Crippen molar-refractivity contribution in [3.8, 4) is 0 Å². The zero-order valence-electron chi connectivity index (χ0n) is 22.3. The number of aromatic nitrogens is 2. The number of piperazine rings is 1. The molecule has 2 bridgehead atoms. The Labute approximate surface area is 221 Å². The predicted octanol–water partition coefficient (Wildman–Crippen LogP) is 2.13. The Balaban J connectivity index is 1.17. The maximum absolute atomic E-state index is 14.3. The number of carbonyl (C=O) groups is 1. The summed E-state index contributed by atoms with van der Waals surface area (Å²) >= 11 is 0. The first-order valence-corrected chi connectivity index (χ1v) is 13.6. The van der Waals surface area contributed by atoms with Crippen LogP contribution in [0.5, 0.6) is 0 Å². The largest absolute Gasteiger partial charge is 0.433 e. The van der Waals surface area contributed by atoms with Gasteiger partial charge in [-0.05, 0) is 51.4 Å². The summed E-state index contributed by atoms with van der Waals surface area (Å²) in [7, 11) is -0.139. The van der Waals surface area contributed by atoms with E-state index < -0.39 is 22.9 Å². The topological polar surface area (TPSA) is 100 Å². The van der Waals surface area contributed by atoms with Crippen LogP contribution in [0.1, 0.15) is 58.4 Å². The van der Waals surface area contributed by atoms with Crippen LogP contribution in [0.3, 0.4) is 0 Å². The summed E-state index contributed by atoms with van der Waals surface area (Å²) in [6.45, 7) is 1.86. The Morgan fingerprint density at radius 3 is 2.79 bits per heavy atom. The lowest BCUT2D eigenvalue weighted by atomic mass is 9.59. The smallest absolute Gasteiger partial charge is 0.389 e. The van der Waals surface area contributed by atoms with E-state index in [1.165, 1.54) is 0 Å². The number of amides is 1. The molecule has 0 aromatic carbocycles. The third kappa shape index (κ3) is 4.28. The van der Waals surface area contributed by atoms with Crippen LogP contribution in [0.2, 0.25) is 0 Å². The molecule has 5 fully saturated rings. The molecule has 0 unspecified atom stereocenters. The number of aliphatic hydroxyl groups is 1. The van der Waals surface area contributed by atoms with Crippen molar-refractivity contribution < 1.29 is 33.9 Å². The second-order valence-corrected chi connectivity index (χ2v) is 11.7. The van der Waals surface area contributed by atoms with E-state index in [4.69, 9.17) is 10.8 Å². The molecule has 0 radical (unpaired) electrons. The second kappa shape index (κ2) is 9.57. The molecular weight excluding hydrogens is 503 g/mol. The molecule has 38 heavy (non-hydrogen) atoms. The molecule has 1 aromatic rings. The molecule has 3 aliphatic heterocycles. The minimum Gasteiger partial charge on any atom is -0.389 e. The number of anilines is 1. The van der Waals surface area contributed by atoms with Gasteiger partial charge in [-0.2, -0.15) is 13.2 Å². The van der Waals surface area contributed by atoms with Crippen molar-refractivity contribution >= 4 is 11.7 Å². The molecule has 4 heterocycles. The van der Waals surface area contributed by atoms with Gasteiger partial charge in [0.25, 0.3) is 0 Å². The number of ether oxygens (including phenoxy) is 2. The van der Waals surface area contributed by atoms with Crippen molar-refractivity contribution in [3.63, 3.8) is 0 Å². The number of likely N-dealkylation sites (tertiary alicyclic amines) is 1. The highest BCUT2D eigenvalue weighted by Gasteiger charge is 2.64. The van der Waals surface area contributed by atoms with Crippen LogP contribution in [-0.2, 0) is 20.4 Å². The second-order valence-electron chi connectivity index (χ2n) is 11.7. The van der Waals surface area contributed by atoms with Crippen LogP contribution in [-0.4, -0.2) is 95.1 Å². The SMILES string of the molecule is [2H]CO[C@@H]1COCC[C@@H]1N[C@@H]1CC[C@@](C(=O)N2C[C@@H]3C[C@H]2CN3c2cc(C(F)(F)F)ncn2)(C2(O)CCC2)C1. The maximum Gasteiger partial charge on any atom is 0.433 e. The standard InChI is InChI=1S/C26H36F3N5O4/c1-37-20-14-38-8-4-19(20)32-16-3-7-24(11-16,25(36)5-2-6-25)23(35)34-13-17-9-18(34)12-33(17)22-10-21(26(27,28)29)30-15-31-22/h10,15-20,32,36H,2-9,11-14H2,1H3/t16-,17+,18+,19+,20-,24-/m1/s1/i1D. The number of rotatable bonds is 6. The molecule has 210 valence electrons. The average Bonchev–Trinajstić information content (AvgIpc) is 3.63. The third-order valence-electron chi connectivity index (χ3n) is 9.70. The van der Waals surface area contributed by atoms with E-state index in [9.17, 15) is 23.1 Å². The minimum atomic E-state index is -4.55. The first-order chi connectivity index (χ1) is 18.6. The highest BCUT2D eigenvalue weighted by Crippen LogP contribution is 2.57. The van der Waals surface area contributed by atoms with Gasteiger partial charge in [0, 0.05) is 44.9 Å². The Morgan fingerprint density at radius 2 is 2.11 bits per heavy atom. The number of hydrogen-bond acceptors (Lipinski definition) is 8. The number of fused-ring (bicyclic) bond motifs is 2. The molecule has 6 atom stereocenters. The summed E-state index contributed by atoms with van der Waals surface area (Å²) in [4.78, 5) is 25.5. The Hall–Kier alpha value is -2.02. The van der Waals surface area contributed by atoms with E-state index in [0.717, 1.165) is 31.7 Å². The zero-order chi connectivity index (χ0) is 27.4. The fourth-order valence-corrected chi connectivity index (χ4v) is 7.49. The molecule has 2 saturated carbocycles. The molecule has 9 nitrogen and oxygen atoms in total. The molecule has 5 aliphatic rings. The highest BCUT2D eigenvalue weighted by molar-refractivity contribution is 5.86. The van der Waals surface area contributed by atoms with Gasteiger partial charge in [0.1, 0.15) is 17.8 Å². The number of alkyl halides is 3. The predicted molar refractivity (Wildman–Crippen MR) is 130 cm³/mol. The lowest BCUT2D eigenvalue weighted by Crippen LogP contribution is -2.63. The fraction of sp³-hybridized carbons (Fsp3) is 0.808. The van der Waals surface area contributed by atoms with Crippen molar-refractivity contribution in [2.24, 2.45) is 5.41 Å². The van der Waals surface area contributed by atoms with Crippen molar-refractivity contribution in [3.05, 3.63) is 18.1 Å². The zero-order valence-corrected chi connectivity index (χ0v) is 21.3. The van der Waals surface area contributed by atoms with Gasteiger partial charge >= 0.3 is 6.18 Å². The van der Waals surface area contributed by atoms with E-state index in [1.54, 1.807) is 0 Å². The van der Waals surface area contributed by atoms with Crippen molar-refractivity contribution in [2.75, 3.05) is 38.3 Å². The molecular formula is C26H36F3N5O4. The van der Waals surface area contributed by atoms with Crippen LogP contribution in [0.25, 0.3) is 0 Å². The molecule has 6 rings (SSSR count). The number of nitrogens with one attached hydrogen (secondary N) is 1. The van der Waals surface area contributed by atoms with Crippen LogP contribution >= 0.6 is 0 Å². The average molecular weight is 541 g/mol. The van der Waals surface area contributed by atoms with Crippen LogP contribution in [0.4, 0.5) is 19.0 Å². The van der Waals surface area contributed by atoms with E-state index in [1.807, 2.05) is 9.80 Å². The monoisotopic (exact) mass is 540 g/mol. The molecule has 1 amide bonds. The first kappa shape index (κ1) is 25.0. The lowest BCUT2D eigenvalue weighted by molar-refractivity contribution is -0.178. The molecule has 1 aromatic heterocycles. The minimum absolute atomic E-state index is 0.0225. The summed E-state index contributed by atoms with van der Waals surface area (Å²) in [5.74, 6) is 0.209. The van der Waals surface area contributed by atoms with Crippen LogP contribution in [0, 0.1) is 5.41 Å². The normalized spacial score (nSPS) is 36.8. The number of methoxy groups -OCH3 is 1. The van der Waals surface area contributed by atoms with Crippen LogP contribution in [0.15, 0.2) is 12.4 Å². The summed E-state index contributed by atoms with van der Waals surface area (Å²) < 4.78 is 58.2.